The Bertz CT molecular complexity index is 478. The minimum absolute atomic E-state index is 0.144. The van der Waals surface area contributed by atoms with Crippen molar-refractivity contribution in [2.24, 2.45) is 0 Å². The van der Waals surface area contributed by atoms with E-state index < -0.39 is 0 Å². The van der Waals surface area contributed by atoms with Gasteiger partial charge in [0.15, 0.2) is 0 Å². The minimum atomic E-state index is -0.144. The first kappa shape index (κ1) is 7.09. The monoisotopic (exact) mass is 156 g/mol. The molecule has 12 heavy (non-hydrogen) atoms. The molecule has 0 aliphatic rings. The summed E-state index contributed by atoms with van der Waals surface area (Å²) in [5.74, 6) is 0. The Labute approximate surface area is 69.9 Å². The fourth-order valence-electron chi connectivity index (χ4n) is 1.05. The van der Waals surface area contributed by atoms with Crippen molar-refractivity contribution in [3.63, 3.8) is 0 Å². The van der Waals surface area contributed by atoms with Gasteiger partial charge >= 0.3 is 0 Å². The van der Waals surface area contributed by atoms with Gasteiger partial charge in [0.1, 0.15) is 7.85 Å². The number of H-pyrrole nitrogens is 1. The Balaban J connectivity index is 2.89. The lowest BCUT2D eigenvalue weighted by Crippen LogP contribution is -2.08. The molecule has 0 fully saturated rings. The lowest BCUT2D eigenvalue weighted by Gasteiger charge is -1.96. The first-order valence-electron chi connectivity index (χ1n) is 3.50. The van der Waals surface area contributed by atoms with Crippen LogP contribution in [0, 0.1) is 0 Å². The molecule has 0 aliphatic carbocycles. The first-order chi connectivity index (χ1) is 5.75. The number of aromatic nitrogens is 2. The zero-order valence-electron chi connectivity index (χ0n) is 6.24. The number of nitrogens with zero attached hydrogens (tertiary/aromatic N) is 1. The van der Waals surface area contributed by atoms with Crippen LogP contribution >= 0.6 is 0 Å². The summed E-state index contributed by atoms with van der Waals surface area (Å²) in [4.78, 5) is 17.5. The highest BCUT2D eigenvalue weighted by Crippen LogP contribution is 2.00. The van der Waals surface area contributed by atoms with Crippen LogP contribution in [0.4, 0.5) is 0 Å². The molecule has 0 bridgehead atoms. The molecule has 3 nitrogen and oxygen atoms in total. The molecule has 4 heteroatoms. The molecule has 2 radical (unpaired) electrons. The van der Waals surface area contributed by atoms with Gasteiger partial charge in [-0.15, -0.1) is 0 Å². The SMILES string of the molecule is [B]c1cnc2ccc(=O)[nH]c2c1. The Hall–Kier alpha value is -1.58. The fourth-order valence-corrected chi connectivity index (χ4v) is 1.05. The predicted octanol–water partition coefficient (Wildman–Crippen LogP) is -0.283. The number of aromatic amines is 1. The molecule has 2 heterocycles. The van der Waals surface area contributed by atoms with Crippen LogP contribution in [-0.4, -0.2) is 17.8 Å². The highest BCUT2D eigenvalue weighted by atomic mass is 16.1. The molecule has 0 saturated heterocycles. The fraction of sp³-hybridized carbons (Fsp3) is 0. The number of rotatable bonds is 0. The Morgan fingerprint density at radius 3 is 3.08 bits per heavy atom. The molecule has 0 unspecified atom stereocenters. The molecule has 2 aromatic rings. The summed E-state index contributed by atoms with van der Waals surface area (Å²) in [6.07, 6.45) is 1.56. The second-order valence-corrected chi connectivity index (χ2v) is 2.52. The van der Waals surface area contributed by atoms with Crippen LogP contribution in [0.5, 0.6) is 0 Å². The van der Waals surface area contributed by atoms with Gasteiger partial charge < -0.3 is 4.98 Å². The van der Waals surface area contributed by atoms with E-state index in [1.807, 2.05) is 0 Å². The largest absolute Gasteiger partial charge is 0.321 e. The van der Waals surface area contributed by atoms with Gasteiger partial charge in [0.05, 0.1) is 11.0 Å². The van der Waals surface area contributed by atoms with E-state index in [2.05, 4.69) is 9.97 Å². The lowest BCUT2D eigenvalue weighted by atomic mass is 9.98. The third-order valence-electron chi connectivity index (χ3n) is 1.59. The molecule has 0 aliphatic heterocycles. The molecule has 1 N–H and O–H groups in total. The van der Waals surface area contributed by atoms with E-state index >= 15 is 0 Å². The predicted molar refractivity (Wildman–Crippen MR) is 47.8 cm³/mol. The molecule has 2 aromatic heterocycles. The van der Waals surface area contributed by atoms with Gasteiger partial charge in [0.25, 0.3) is 0 Å². The topological polar surface area (TPSA) is 45.8 Å². The van der Waals surface area contributed by atoms with Crippen molar-refractivity contribution in [3.05, 3.63) is 34.7 Å². The average molecular weight is 156 g/mol. The van der Waals surface area contributed by atoms with Crippen LogP contribution in [0.1, 0.15) is 0 Å². The third kappa shape index (κ3) is 1.11. The van der Waals surface area contributed by atoms with Gasteiger partial charge in [-0.25, -0.2) is 0 Å². The zero-order chi connectivity index (χ0) is 8.55. The summed E-state index contributed by atoms with van der Waals surface area (Å²) in [5, 5.41) is 0. The van der Waals surface area contributed by atoms with Crippen molar-refractivity contribution >= 4 is 24.3 Å². The van der Waals surface area contributed by atoms with Crippen molar-refractivity contribution in [3.8, 4) is 0 Å². The van der Waals surface area contributed by atoms with Gasteiger partial charge in [-0.2, -0.15) is 0 Å². The van der Waals surface area contributed by atoms with E-state index in [1.54, 1.807) is 18.3 Å². The van der Waals surface area contributed by atoms with E-state index in [0.717, 1.165) is 5.52 Å². The van der Waals surface area contributed by atoms with E-state index in [-0.39, 0.29) is 5.56 Å². The average Bonchev–Trinajstić information content (AvgIpc) is 2.03. The van der Waals surface area contributed by atoms with E-state index in [4.69, 9.17) is 7.85 Å². The number of hydrogen-bond donors (Lipinski definition) is 1. The molecule has 0 saturated carbocycles. The van der Waals surface area contributed by atoms with Crippen molar-refractivity contribution in [2.75, 3.05) is 0 Å². The summed E-state index contributed by atoms with van der Waals surface area (Å²) in [6.45, 7) is 0. The second-order valence-electron chi connectivity index (χ2n) is 2.52. The minimum Gasteiger partial charge on any atom is -0.321 e. The third-order valence-corrected chi connectivity index (χ3v) is 1.59. The maximum Gasteiger partial charge on any atom is 0.248 e. The number of nitrogens with one attached hydrogen (secondary N) is 1. The van der Waals surface area contributed by atoms with E-state index in [0.29, 0.717) is 11.0 Å². The summed E-state index contributed by atoms with van der Waals surface area (Å²) in [7, 11) is 5.49. The summed E-state index contributed by atoms with van der Waals surface area (Å²) >= 11 is 0. The van der Waals surface area contributed by atoms with Crippen LogP contribution in [0.15, 0.2) is 29.2 Å². The quantitative estimate of drug-likeness (QED) is 0.533. The van der Waals surface area contributed by atoms with Crippen molar-refractivity contribution in [2.45, 2.75) is 0 Å². The van der Waals surface area contributed by atoms with Crippen LogP contribution in [-0.2, 0) is 0 Å². The van der Waals surface area contributed by atoms with Gasteiger partial charge in [-0.05, 0) is 12.1 Å². The highest BCUT2D eigenvalue weighted by molar-refractivity contribution is 6.32. The summed E-state index contributed by atoms with van der Waals surface area (Å²) in [5.41, 5.74) is 1.81. The van der Waals surface area contributed by atoms with Gasteiger partial charge in [-0.1, -0.05) is 5.46 Å². The number of fused-ring (bicyclic) bond motifs is 1. The Morgan fingerprint density at radius 1 is 1.42 bits per heavy atom. The normalized spacial score (nSPS) is 10.3. The smallest absolute Gasteiger partial charge is 0.248 e. The molecule has 56 valence electrons. The molecule has 0 spiro atoms. The number of pyridine rings is 2. The van der Waals surface area contributed by atoms with E-state index in [1.165, 1.54) is 6.07 Å². The molecule has 0 aromatic carbocycles. The van der Waals surface area contributed by atoms with Crippen molar-refractivity contribution < 1.29 is 0 Å². The molecule has 0 atom stereocenters. The molecule has 2 rings (SSSR count). The van der Waals surface area contributed by atoms with Gasteiger partial charge in [0.2, 0.25) is 5.56 Å². The van der Waals surface area contributed by atoms with Crippen molar-refractivity contribution in [1.82, 2.24) is 9.97 Å². The van der Waals surface area contributed by atoms with Crippen LogP contribution in [0.2, 0.25) is 0 Å². The Kier molecular flexibility index (Phi) is 1.47. The van der Waals surface area contributed by atoms with Gasteiger partial charge in [-0.3, -0.25) is 9.78 Å². The van der Waals surface area contributed by atoms with E-state index in [9.17, 15) is 4.79 Å². The number of hydrogen-bond acceptors (Lipinski definition) is 2. The second kappa shape index (κ2) is 2.48. The summed E-state index contributed by atoms with van der Waals surface area (Å²) < 4.78 is 0. The van der Waals surface area contributed by atoms with Crippen molar-refractivity contribution in [1.29, 1.82) is 0 Å². The molecular weight excluding hydrogens is 151 g/mol. The van der Waals surface area contributed by atoms with Crippen LogP contribution in [0.3, 0.4) is 0 Å². The lowest BCUT2D eigenvalue weighted by molar-refractivity contribution is 1.28. The maximum absolute atomic E-state index is 10.9. The van der Waals surface area contributed by atoms with Crippen LogP contribution in [0.25, 0.3) is 11.0 Å². The zero-order valence-corrected chi connectivity index (χ0v) is 6.24. The standard InChI is InChI=1S/C8H5BN2O/c9-5-3-7-6(10-4-5)1-2-8(12)11-7/h1-4H,(H,11,12). The van der Waals surface area contributed by atoms with Crippen LogP contribution < -0.4 is 11.0 Å². The first-order valence-corrected chi connectivity index (χ1v) is 3.50. The van der Waals surface area contributed by atoms with Gasteiger partial charge in [0, 0.05) is 12.3 Å². The summed E-state index contributed by atoms with van der Waals surface area (Å²) in [6, 6.07) is 4.78. The Morgan fingerprint density at radius 2 is 2.25 bits per heavy atom. The maximum atomic E-state index is 10.9. The highest BCUT2D eigenvalue weighted by Gasteiger charge is 1.93. The molecular formula is C8H5BN2O. The molecule has 0 amide bonds.